The van der Waals surface area contributed by atoms with Crippen LogP contribution in [0.1, 0.15) is 5.56 Å². The average molecular weight is 382 g/mol. The summed E-state index contributed by atoms with van der Waals surface area (Å²) in [5.41, 5.74) is 1.24. The predicted octanol–water partition coefficient (Wildman–Crippen LogP) is 5.32. The van der Waals surface area contributed by atoms with E-state index in [0.717, 1.165) is 5.56 Å². The van der Waals surface area contributed by atoms with Gasteiger partial charge in [-0.25, -0.2) is 4.98 Å². The van der Waals surface area contributed by atoms with Gasteiger partial charge in [0.1, 0.15) is 26.7 Å². The van der Waals surface area contributed by atoms with Gasteiger partial charge < -0.3 is 14.8 Å². The summed E-state index contributed by atoms with van der Waals surface area (Å²) >= 11 is 24.4. The van der Waals surface area contributed by atoms with Crippen molar-refractivity contribution in [2.45, 2.75) is 6.54 Å². The molecule has 118 valence electrons. The first-order valence-corrected chi connectivity index (χ1v) is 7.62. The summed E-state index contributed by atoms with van der Waals surface area (Å²) in [6.07, 6.45) is 1.58. The van der Waals surface area contributed by atoms with Crippen molar-refractivity contribution in [3.05, 3.63) is 44.1 Å². The Morgan fingerprint density at radius 3 is 2.09 bits per heavy atom. The summed E-state index contributed by atoms with van der Waals surface area (Å²) in [4.78, 5) is 3.99. The maximum Gasteiger partial charge on any atom is 0.143 e. The van der Waals surface area contributed by atoms with Crippen LogP contribution in [-0.2, 0) is 6.54 Å². The van der Waals surface area contributed by atoms with E-state index in [1.165, 1.54) is 14.2 Å². The minimum absolute atomic E-state index is 0.327. The number of hydrogen-bond donors (Lipinski definition) is 1. The summed E-state index contributed by atoms with van der Waals surface area (Å²) < 4.78 is 10.4. The molecule has 0 saturated heterocycles. The van der Waals surface area contributed by atoms with Crippen molar-refractivity contribution in [3.8, 4) is 11.5 Å². The summed E-state index contributed by atoms with van der Waals surface area (Å²) in [6.45, 7) is 0.360. The predicted molar refractivity (Wildman–Crippen MR) is 91.1 cm³/mol. The fourth-order valence-corrected chi connectivity index (χ4v) is 2.86. The van der Waals surface area contributed by atoms with E-state index in [-0.39, 0.29) is 0 Å². The number of nitrogens with zero attached hydrogens (tertiary/aromatic N) is 1. The van der Waals surface area contributed by atoms with E-state index in [4.69, 9.17) is 55.9 Å². The van der Waals surface area contributed by atoms with Crippen LogP contribution in [0.3, 0.4) is 0 Å². The Morgan fingerprint density at radius 1 is 1.00 bits per heavy atom. The van der Waals surface area contributed by atoms with E-state index in [0.29, 0.717) is 44.0 Å². The number of benzene rings is 1. The summed E-state index contributed by atoms with van der Waals surface area (Å²) in [7, 11) is 3.02. The van der Waals surface area contributed by atoms with Gasteiger partial charge in [-0.1, -0.05) is 46.4 Å². The molecule has 0 atom stereocenters. The van der Waals surface area contributed by atoms with Crippen LogP contribution in [0.25, 0.3) is 0 Å². The highest BCUT2D eigenvalue weighted by Crippen LogP contribution is 2.44. The zero-order valence-corrected chi connectivity index (χ0v) is 14.7. The molecule has 0 aliphatic carbocycles. The molecule has 1 heterocycles. The Labute approximate surface area is 148 Å². The van der Waals surface area contributed by atoms with Crippen LogP contribution in [0.4, 0.5) is 5.69 Å². The molecule has 22 heavy (non-hydrogen) atoms. The molecule has 0 fully saturated rings. The van der Waals surface area contributed by atoms with E-state index >= 15 is 0 Å². The number of halogens is 4. The molecule has 1 aromatic heterocycles. The van der Waals surface area contributed by atoms with Crippen molar-refractivity contribution in [1.82, 2.24) is 4.98 Å². The quantitative estimate of drug-likeness (QED) is 0.711. The van der Waals surface area contributed by atoms with Crippen LogP contribution in [0.2, 0.25) is 20.2 Å². The lowest BCUT2D eigenvalue weighted by molar-refractivity contribution is 0.395. The van der Waals surface area contributed by atoms with Crippen molar-refractivity contribution < 1.29 is 9.47 Å². The Balaban J connectivity index is 2.32. The van der Waals surface area contributed by atoms with Gasteiger partial charge in [0.2, 0.25) is 0 Å². The van der Waals surface area contributed by atoms with Gasteiger partial charge >= 0.3 is 0 Å². The molecule has 0 aliphatic rings. The number of nitrogens with one attached hydrogen (secondary N) is 1. The summed E-state index contributed by atoms with van der Waals surface area (Å²) in [5, 5.41) is 4.64. The molecule has 0 radical (unpaired) electrons. The van der Waals surface area contributed by atoms with Crippen molar-refractivity contribution in [2.75, 3.05) is 19.5 Å². The normalized spacial score (nSPS) is 10.5. The third kappa shape index (κ3) is 3.63. The van der Waals surface area contributed by atoms with Crippen molar-refractivity contribution in [2.24, 2.45) is 0 Å². The molecule has 0 spiro atoms. The molecule has 1 N–H and O–H groups in total. The number of rotatable bonds is 5. The first-order valence-electron chi connectivity index (χ1n) is 6.11. The average Bonchev–Trinajstić information content (AvgIpc) is 2.49. The van der Waals surface area contributed by atoms with E-state index in [9.17, 15) is 0 Å². The van der Waals surface area contributed by atoms with Crippen molar-refractivity contribution in [1.29, 1.82) is 0 Å². The molecule has 2 rings (SSSR count). The molecule has 4 nitrogen and oxygen atoms in total. The van der Waals surface area contributed by atoms with Gasteiger partial charge in [-0.15, -0.1) is 0 Å². The standard InChI is InChI=1S/C14H12Cl4N2O2/c1-21-9-4-10(22-2)13(18)14(12(9)17)20-6-7-5-19-11(16)3-8(7)15/h3-5,20H,6H2,1-2H3. The molecule has 0 unspecified atom stereocenters. The molecule has 0 amide bonds. The Morgan fingerprint density at radius 2 is 1.59 bits per heavy atom. The third-order valence-corrected chi connectivity index (χ3v) is 4.23. The minimum Gasteiger partial charge on any atom is -0.495 e. The van der Waals surface area contributed by atoms with Gasteiger partial charge in [-0.3, -0.25) is 0 Å². The van der Waals surface area contributed by atoms with Crippen LogP contribution >= 0.6 is 46.4 Å². The maximum atomic E-state index is 6.28. The topological polar surface area (TPSA) is 43.4 Å². The highest BCUT2D eigenvalue weighted by atomic mass is 35.5. The number of aromatic nitrogens is 1. The fraction of sp³-hybridized carbons (Fsp3) is 0.214. The monoisotopic (exact) mass is 380 g/mol. The van der Waals surface area contributed by atoms with Crippen LogP contribution in [0.5, 0.6) is 11.5 Å². The van der Waals surface area contributed by atoms with Crippen molar-refractivity contribution in [3.63, 3.8) is 0 Å². The third-order valence-electron chi connectivity index (χ3n) is 2.93. The van der Waals surface area contributed by atoms with Gasteiger partial charge in [0.15, 0.2) is 0 Å². The Bertz CT molecular complexity index is 667. The van der Waals surface area contributed by atoms with Gasteiger partial charge in [-0.2, -0.15) is 0 Å². The molecule has 1 aromatic carbocycles. The second kappa shape index (κ2) is 7.47. The molecular formula is C14H12Cl4N2O2. The summed E-state index contributed by atoms with van der Waals surface area (Å²) in [6, 6.07) is 3.18. The zero-order valence-electron chi connectivity index (χ0n) is 11.7. The molecule has 0 bridgehead atoms. The van der Waals surface area contributed by atoms with E-state index in [1.54, 1.807) is 18.3 Å². The van der Waals surface area contributed by atoms with E-state index in [1.807, 2.05) is 0 Å². The van der Waals surface area contributed by atoms with Crippen LogP contribution in [0, 0.1) is 0 Å². The van der Waals surface area contributed by atoms with Crippen molar-refractivity contribution >= 4 is 52.1 Å². The number of pyridine rings is 1. The smallest absolute Gasteiger partial charge is 0.143 e. The van der Waals surface area contributed by atoms with Gasteiger partial charge in [-0.05, 0) is 6.07 Å². The Hall–Kier alpha value is -1.07. The second-order valence-corrected chi connectivity index (χ2v) is 5.79. The fourth-order valence-electron chi connectivity index (χ4n) is 1.79. The van der Waals surface area contributed by atoms with Crippen LogP contribution in [0.15, 0.2) is 18.3 Å². The maximum absolute atomic E-state index is 6.28. The lowest BCUT2D eigenvalue weighted by atomic mass is 10.2. The highest BCUT2D eigenvalue weighted by Gasteiger charge is 2.17. The lowest BCUT2D eigenvalue weighted by Crippen LogP contribution is -2.03. The second-order valence-electron chi connectivity index (χ2n) is 4.24. The van der Waals surface area contributed by atoms with Gasteiger partial charge in [0.25, 0.3) is 0 Å². The Kier molecular flexibility index (Phi) is 5.87. The first-order chi connectivity index (χ1) is 10.5. The van der Waals surface area contributed by atoms with Gasteiger partial charge in [0.05, 0.1) is 24.9 Å². The number of anilines is 1. The molecule has 0 aliphatic heterocycles. The first kappa shape index (κ1) is 17.3. The van der Waals surface area contributed by atoms with E-state index in [2.05, 4.69) is 10.3 Å². The van der Waals surface area contributed by atoms with E-state index < -0.39 is 0 Å². The number of ether oxygens (including phenoxy) is 2. The zero-order chi connectivity index (χ0) is 16.3. The van der Waals surface area contributed by atoms with Gasteiger partial charge in [0, 0.05) is 24.4 Å². The van der Waals surface area contributed by atoms with Crippen LogP contribution in [-0.4, -0.2) is 19.2 Å². The highest BCUT2D eigenvalue weighted by molar-refractivity contribution is 6.41. The minimum atomic E-state index is 0.327. The molecule has 8 heteroatoms. The number of hydrogen-bond acceptors (Lipinski definition) is 4. The molecular weight excluding hydrogens is 370 g/mol. The SMILES string of the molecule is COc1cc(OC)c(Cl)c(NCc2cnc(Cl)cc2Cl)c1Cl. The lowest BCUT2D eigenvalue weighted by Gasteiger charge is -2.16. The number of methoxy groups -OCH3 is 2. The molecule has 2 aromatic rings. The molecule has 0 saturated carbocycles. The van der Waals surface area contributed by atoms with Crippen LogP contribution < -0.4 is 14.8 Å². The summed E-state index contributed by atoms with van der Waals surface area (Å²) in [5.74, 6) is 0.900. The largest absolute Gasteiger partial charge is 0.495 e.